The number of carbonyl (C=O) groups excluding carboxylic acids is 1. The summed E-state index contributed by atoms with van der Waals surface area (Å²) in [7, 11) is 0. The van der Waals surface area contributed by atoms with Crippen molar-refractivity contribution in [3.05, 3.63) is 36.0 Å². The number of halogens is 2. The van der Waals surface area contributed by atoms with Gasteiger partial charge in [-0.15, -0.1) is 12.4 Å². The average molecular weight is 357 g/mol. The van der Waals surface area contributed by atoms with Gasteiger partial charge in [0, 0.05) is 30.5 Å². The highest BCUT2D eigenvalue weighted by atomic mass is 35.5. The number of nitrogens with zero attached hydrogens (tertiary/aromatic N) is 2. The first-order valence-corrected chi connectivity index (χ1v) is 7.47. The van der Waals surface area contributed by atoms with Crippen molar-refractivity contribution in [3.8, 4) is 11.4 Å². The number of nitrogens with one attached hydrogen (secondary N) is 1. The first-order chi connectivity index (χ1) is 10.8. The molecular weight excluding hydrogens is 335 g/mol. The van der Waals surface area contributed by atoms with Gasteiger partial charge in [-0.3, -0.25) is 4.79 Å². The Labute approximate surface area is 146 Å². The number of nitrogens with two attached hydrogens (primary N) is 1. The van der Waals surface area contributed by atoms with Gasteiger partial charge >= 0.3 is 0 Å². The van der Waals surface area contributed by atoms with Crippen molar-refractivity contribution >= 4 is 18.3 Å². The molecule has 0 aliphatic heterocycles. The summed E-state index contributed by atoms with van der Waals surface area (Å²) in [5.74, 6) is 0.497. The lowest BCUT2D eigenvalue weighted by atomic mass is 10.1. The second-order valence-electron chi connectivity index (χ2n) is 6.14. The molecule has 2 rings (SSSR count). The van der Waals surface area contributed by atoms with Gasteiger partial charge in [-0.1, -0.05) is 5.16 Å². The molecule has 0 aliphatic rings. The first-order valence-electron chi connectivity index (χ1n) is 7.47. The SMILES string of the molecule is CC(C)(N)CNC(=O)CCCc1nc(-c2ccc(F)cc2)no1.Cl. The maximum absolute atomic E-state index is 12.9. The third kappa shape index (κ3) is 6.64. The Morgan fingerprint density at radius 3 is 2.62 bits per heavy atom. The molecule has 8 heteroatoms. The van der Waals surface area contributed by atoms with Gasteiger partial charge < -0.3 is 15.6 Å². The second-order valence-corrected chi connectivity index (χ2v) is 6.14. The van der Waals surface area contributed by atoms with Crippen molar-refractivity contribution in [1.82, 2.24) is 15.5 Å². The van der Waals surface area contributed by atoms with E-state index in [2.05, 4.69) is 15.5 Å². The van der Waals surface area contributed by atoms with Crippen LogP contribution >= 0.6 is 12.4 Å². The molecule has 1 amide bonds. The Morgan fingerprint density at radius 2 is 2.00 bits per heavy atom. The summed E-state index contributed by atoms with van der Waals surface area (Å²) in [5.41, 5.74) is 6.06. The molecule has 0 radical (unpaired) electrons. The van der Waals surface area contributed by atoms with Crippen LogP contribution in [-0.2, 0) is 11.2 Å². The fourth-order valence-electron chi connectivity index (χ4n) is 1.89. The topological polar surface area (TPSA) is 94.0 Å². The summed E-state index contributed by atoms with van der Waals surface area (Å²) in [5, 5.41) is 6.64. The summed E-state index contributed by atoms with van der Waals surface area (Å²) in [6.45, 7) is 4.13. The van der Waals surface area contributed by atoms with Crippen LogP contribution in [0.25, 0.3) is 11.4 Å². The van der Waals surface area contributed by atoms with Crippen molar-refractivity contribution in [2.45, 2.75) is 38.6 Å². The summed E-state index contributed by atoms with van der Waals surface area (Å²) < 4.78 is 18.0. The Kier molecular flexibility index (Phi) is 7.31. The van der Waals surface area contributed by atoms with Gasteiger partial charge in [0.05, 0.1) is 0 Å². The van der Waals surface area contributed by atoms with E-state index >= 15 is 0 Å². The lowest BCUT2D eigenvalue weighted by Crippen LogP contribution is -2.45. The maximum atomic E-state index is 12.9. The molecule has 132 valence electrons. The normalized spacial score (nSPS) is 11.0. The Balaban J connectivity index is 0.00000288. The Morgan fingerprint density at radius 1 is 1.33 bits per heavy atom. The van der Waals surface area contributed by atoms with E-state index in [9.17, 15) is 9.18 Å². The molecule has 1 heterocycles. The number of amides is 1. The molecule has 0 spiro atoms. The van der Waals surface area contributed by atoms with Gasteiger partial charge in [0.15, 0.2) is 0 Å². The zero-order valence-corrected chi connectivity index (χ0v) is 14.5. The largest absolute Gasteiger partial charge is 0.354 e. The van der Waals surface area contributed by atoms with Crippen LogP contribution in [0, 0.1) is 5.82 Å². The molecule has 0 fully saturated rings. The van der Waals surface area contributed by atoms with Crippen LogP contribution in [0.3, 0.4) is 0 Å². The Bertz CT molecular complexity index is 653. The van der Waals surface area contributed by atoms with E-state index in [4.69, 9.17) is 10.3 Å². The monoisotopic (exact) mass is 356 g/mol. The maximum Gasteiger partial charge on any atom is 0.226 e. The molecule has 3 N–H and O–H groups in total. The zero-order chi connectivity index (χ0) is 16.9. The van der Waals surface area contributed by atoms with Crippen LogP contribution in [0.15, 0.2) is 28.8 Å². The molecular formula is C16H22ClFN4O2. The van der Waals surface area contributed by atoms with Crippen LogP contribution < -0.4 is 11.1 Å². The van der Waals surface area contributed by atoms with E-state index < -0.39 is 5.54 Å². The zero-order valence-electron chi connectivity index (χ0n) is 13.7. The lowest BCUT2D eigenvalue weighted by molar-refractivity contribution is -0.121. The molecule has 6 nitrogen and oxygen atoms in total. The van der Waals surface area contributed by atoms with Crippen LogP contribution in [0.5, 0.6) is 0 Å². The van der Waals surface area contributed by atoms with Crippen molar-refractivity contribution < 1.29 is 13.7 Å². The molecule has 0 saturated carbocycles. The highest BCUT2D eigenvalue weighted by molar-refractivity contribution is 5.85. The van der Waals surface area contributed by atoms with E-state index in [0.29, 0.717) is 43.1 Å². The van der Waals surface area contributed by atoms with E-state index in [1.54, 1.807) is 12.1 Å². The standard InChI is InChI=1S/C16H21FN4O2.ClH/c1-16(2,18)10-19-13(22)4-3-5-14-20-15(21-23-14)11-6-8-12(17)9-7-11;/h6-9H,3-5,10,18H2,1-2H3,(H,19,22);1H. The number of aryl methyl sites for hydroxylation is 1. The summed E-state index contributed by atoms with van der Waals surface area (Å²) in [6.07, 6.45) is 1.47. The second kappa shape index (κ2) is 8.75. The lowest BCUT2D eigenvalue weighted by Gasteiger charge is -2.18. The van der Waals surface area contributed by atoms with Crippen molar-refractivity contribution in [2.75, 3.05) is 6.54 Å². The van der Waals surface area contributed by atoms with Crippen LogP contribution in [-0.4, -0.2) is 28.1 Å². The van der Waals surface area contributed by atoms with Gasteiger partial charge in [0.2, 0.25) is 17.6 Å². The average Bonchev–Trinajstić information content (AvgIpc) is 2.94. The summed E-state index contributed by atoms with van der Waals surface area (Å²) in [4.78, 5) is 15.9. The van der Waals surface area contributed by atoms with Crippen molar-refractivity contribution in [1.29, 1.82) is 0 Å². The van der Waals surface area contributed by atoms with Crippen LogP contribution in [0.2, 0.25) is 0 Å². The molecule has 0 bridgehead atoms. The molecule has 1 aromatic carbocycles. The molecule has 0 atom stereocenters. The number of aromatic nitrogens is 2. The molecule has 0 saturated heterocycles. The highest BCUT2D eigenvalue weighted by Gasteiger charge is 2.13. The van der Waals surface area contributed by atoms with Crippen LogP contribution in [0.4, 0.5) is 4.39 Å². The van der Waals surface area contributed by atoms with Crippen molar-refractivity contribution in [2.24, 2.45) is 5.73 Å². The molecule has 0 aliphatic carbocycles. The minimum atomic E-state index is -0.424. The number of hydrogen-bond donors (Lipinski definition) is 2. The van der Waals surface area contributed by atoms with Gasteiger partial charge in [-0.05, 0) is 44.5 Å². The fraction of sp³-hybridized carbons (Fsp3) is 0.438. The van der Waals surface area contributed by atoms with Gasteiger partial charge in [-0.25, -0.2) is 4.39 Å². The molecule has 2 aromatic rings. The quantitative estimate of drug-likeness (QED) is 0.794. The highest BCUT2D eigenvalue weighted by Crippen LogP contribution is 2.16. The smallest absolute Gasteiger partial charge is 0.226 e. The minimum Gasteiger partial charge on any atom is -0.354 e. The van der Waals surface area contributed by atoms with Crippen LogP contribution in [0.1, 0.15) is 32.6 Å². The summed E-state index contributed by atoms with van der Waals surface area (Å²) in [6, 6.07) is 5.86. The number of hydrogen-bond acceptors (Lipinski definition) is 5. The third-order valence-electron chi connectivity index (χ3n) is 3.11. The number of rotatable bonds is 7. The van der Waals surface area contributed by atoms with E-state index in [1.807, 2.05) is 13.8 Å². The van der Waals surface area contributed by atoms with Gasteiger partial charge in [-0.2, -0.15) is 4.98 Å². The first kappa shape index (κ1) is 20.1. The fourth-order valence-corrected chi connectivity index (χ4v) is 1.89. The van der Waals surface area contributed by atoms with Gasteiger partial charge in [0.1, 0.15) is 5.82 Å². The summed E-state index contributed by atoms with van der Waals surface area (Å²) >= 11 is 0. The molecule has 1 aromatic heterocycles. The molecule has 24 heavy (non-hydrogen) atoms. The third-order valence-corrected chi connectivity index (χ3v) is 3.11. The van der Waals surface area contributed by atoms with E-state index in [0.717, 1.165) is 0 Å². The van der Waals surface area contributed by atoms with Gasteiger partial charge in [0.25, 0.3) is 0 Å². The number of carbonyl (C=O) groups is 1. The predicted octanol–water partition coefficient (Wildman–Crippen LogP) is 2.47. The van der Waals surface area contributed by atoms with Crippen molar-refractivity contribution in [3.63, 3.8) is 0 Å². The molecule has 0 unspecified atom stereocenters. The number of benzene rings is 1. The van der Waals surface area contributed by atoms with E-state index in [1.165, 1.54) is 12.1 Å². The van der Waals surface area contributed by atoms with E-state index in [-0.39, 0.29) is 24.1 Å². The predicted molar refractivity (Wildman–Crippen MR) is 91.2 cm³/mol. The minimum absolute atomic E-state index is 0. The Hall–Kier alpha value is -1.99.